The molecule has 2 rings (SSSR count). The van der Waals surface area contributed by atoms with E-state index in [1.54, 1.807) is 6.33 Å². The minimum atomic E-state index is 0.616. The quantitative estimate of drug-likeness (QED) is 0.853. The molecule has 1 fully saturated rings. The molecule has 1 saturated carbocycles. The number of nitrogens with two attached hydrogens (primary N) is 1. The Bertz CT molecular complexity index is 362. The first-order valence-corrected chi connectivity index (χ1v) is 7.03. The van der Waals surface area contributed by atoms with Crippen LogP contribution in [0.1, 0.15) is 38.4 Å². The van der Waals surface area contributed by atoms with E-state index in [9.17, 15) is 0 Å². The molecule has 0 spiro atoms. The highest BCUT2D eigenvalue weighted by atomic mass is 15.3. The van der Waals surface area contributed by atoms with Crippen molar-refractivity contribution in [1.82, 2.24) is 19.7 Å². The average Bonchev–Trinajstić information content (AvgIpc) is 2.81. The van der Waals surface area contributed by atoms with Crippen molar-refractivity contribution in [1.29, 1.82) is 0 Å². The van der Waals surface area contributed by atoms with Crippen molar-refractivity contribution < 1.29 is 0 Å². The predicted octanol–water partition coefficient (Wildman–Crippen LogP) is 1.15. The van der Waals surface area contributed by atoms with Crippen LogP contribution in [0.25, 0.3) is 0 Å². The molecule has 0 bridgehead atoms. The molecule has 2 unspecified atom stereocenters. The van der Waals surface area contributed by atoms with Gasteiger partial charge in [0.05, 0.1) is 6.54 Å². The highest BCUT2D eigenvalue weighted by Crippen LogP contribution is 2.28. The summed E-state index contributed by atoms with van der Waals surface area (Å²) in [7, 11) is 1.96. The predicted molar refractivity (Wildman–Crippen MR) is 71.9 cm³/mol. The van der Waals surface area contributed by atoms with Crippen LogP contribution in [0.5, 0.6) is 0 Å². The first-order valence-electron chi connectivity index (χ1n) is 7.03. The van der Waals surface area contributed by atoms with E-state index in [1.807, 2.05) is 11.7 Å². The minimum absolute atomic E-state index is 0.616. The SMILES string of the molecule is CCN(Cc1ncnn1C)C1CCCCC1CN. The molecule has 1 aromatic heterocycles. The first kappa shape index (κ1) is 13.5. The van der Waals surface area contributed by atoms with Crippen LogP contribution in [0, 0.1) is 5.92 Å². The Hall–Kier alpha value is -0.940. The summed E-state index contributed by atoms with van der Waals surface area (Å²) in [4.78, 5) is 6.84. The zero-order chi connectivity index (χ0) is 13.0. The Labute approximate surface area is 109 Å². The highest BCUT2D eigenvalue weighted by Gasteiger charge is 2.29. The monoisotopic (exact) mass is 251 g/mol. The molecule has 1 aliphatic rings. The van der Waals surface area contributed by atoms with Crippen LogP contribution in [-0.2, 0) is 13.6 Å². The Morgan fingerprint density at radius 2 is 2.22 bits per heavy atom. The number of hydrogen-bond donors (Lipinski definition) is 1. The van der Waals surface area contributed by atoms with Gasteiger partial charge in [-0.1, -0.05) is 19.8 Å². The van der Waals surface area contributed by atoms with E-state index in [0.717, 1.165) is 25.5 Å². The van der Waals surface area contributed by atoms with Gasteiger partial charge in [0.25, 0.3) is 0 Å². The van der Waals surface area contributed by atoms with Gasteiger partial charge >= 0.3 is 0 Å². The van der Waals surface area contributed by atoms with Crippen LogP contribution in [0.3, 0.4) is 0 Å². The molecule has 2 atom stereocenters. The highest BCUT2D eigenvalue weighted by molar-refractivity contribution is 4.89. The van der Waals surface area contributed by atoms with Gasteiger partial charge < -0.3 is 5.73 Å². The molecule has 102 valence electrons. The van der Waals surface area contributed by atoms with Crippen molar-refractivity contribution in [2.24, 2.45) is 18.7 Å². The van der Waals surface area contributed by atoms with E-state index in [-0.39, 0.29) is 0 Å². The van der Waals surface area contributed by atoms with Crippen molar-refractivity contribution in [3.8, 4) is 0 Å². The lowest BCUT2D eigenvalue weighted by atomic mass is 9.83. The van der Waals surface area contributed by atoms with Crippen molar-refractivity contribution in [2.75, 3.05) is 13.1 Å². The van der Waals surface area contributed by atoms with Crippen LogP contribution in [0.2, 0.25) is 0 Å². The molecule has 0 amide bonds. The van der Waals surface area contributed by atoms with Gasteiger partial charge in [0.2, 0.25) is 0 Å². The van der Waals surface area contributed by atoms with Crippen LogP contribution >= 0.6 is 0 Å². The van der Waals surface area contributed by atoms with Crippen LogP contribution in [0.15, 0.2) is 6.33 Å². The molecule has 0 aliphatic heterocycles. The maximum atomic E-state index is 5.93. The van der Waals surface area contributed by atoms with Crippen molar-refractivity contribution in [3.63, 3.8) is 0 Å². The molecule has 5 nitrogen and oxygen atoms in total. The normalized spacial score (nSPS) is 24.7. The summed E-state index contributed by atoms with van der Waals surface area (Å²) in [5.74, 6) is 1.69. The van der Waals surface area contributed by atoms with Crippen LogP contribution < -0.4 is 5.73 Å². The summed E-state index contributed by atoms with van der Waals surface area (Å²) in [6.45, 7) is 4.96. The number of rotatable bonds is 5. The largest absolute Gasteiger partial charge is 0.330 e. The molecule has 0 radical (unpaired) electrons. The molecular formula is C13H25N5. The summed E-state index contributed by atoms with van der Waals surface area (Å²) in [5.41, 5.74) is 5.93. The number of nitrogens with zero attached hydrogens (tertiary/aromatic N) is 4. The molecule has 1 aliphatic carbocycles. The second kappa shape index (κ2) is 6.29. The third-order valence-corrected chi connectivity index (χ3v) is 4.20. The lowest BCUT2D eigenvalue weighted by molar-refractivity contribution is 0.102. The standard InChI is InChI=1S/C13H25N5/c1-3-18(9-13-15-10-16-17(13)2)12-7-5-4-6-11(12)8-14/h10-12H,3-9,14H2,1-2H3. The third-order valence-electron chi connectivity index (χ3n) is 4.20. The second-order valence-electron chi connectivity index (χ2n) is 5.21. The lowest BCUT2D eigenvalue weighted by Crippen LogP contribution is -2.45. The van der Waals surface area contributed by atoms with Gasteiger partial charge in [0.1, 0.15) is 12.2 Å². The zero-order valence-electron chi connectivity index (χ0n) is 11.5. The third kappa shape index (κ3) is 2.90. The van der Waals surface area contributed by atoms with Gasteiger partial charge in [-0.2, -0.15) is 5.10 Å². The first-order chi connectivity index (χ1) is 8.76. The molecule has 0 saturated heterocycles. The van der Waals surface area contributed by atoms with Gasteiger partial charge in [-0.05, 0) is 31.8 Å². The Kier molecular flexibility index (Phi) is 4.72. The van der Waals surface area contributed by atoms with Crippen molar-refractivity contribution in [3.05, 3.63) is 12.2 Å². The summed E-state index contributed by atoms with van der Waals surface area (Å²) < 4.78 is 1.86. The fraction of sp³-hybridized carbons (Fsp3) is 0.846. The van der Waals surface area contributed by atoms with Crippen molar-refractivity contribution in [2.45, 2.75) is 45.2 Å². The molecular weight excluding hydrogens is 226 g/mol. The number of aryl methyl sites for hydroxylation is 1. The molecule has 1 aromatic rings. The Morgan fingerprint density at radius 3 is 2.83 bits per heavy atom. The van der Waals surface area contributed by atoms with E-state index in [2.05, 4.69) is 21.9 Å². The number of aromatic nitrogens is 3. The fourth-order valence-electron chi connectivity index (χ4n) is 3.05. The van der Waals surface area contributed by atoms with E-state index in [0.29, 0.717) is 12.0 Å². The minimum Gasteiger partial charge on any atom is -0.330 e. The van der Waals surface area contributed by atoms with Gasteiger partial charge in [0.15, 0.2) is 0 Å². The molecule has 2 N–H and O–H groups in total. The van der Waals surface area contributed by atoms with Gasteiger partial charge in [-0.25, -0.2) is 4.98 Å². The fourth-order valence-corrected chi connectivity index (χ4v) is 3.05. The summed E-state index contributed by atoms with van der Waals surface area (Å²) in [5, 5.41) is 4.14. The molecule has 1 heterocycles. The maximum absolute atomic E-state index is 5.93. The Balaban J connectivity index is 2.05. The maximum Gasteiger partial charge on any atom is 0.140 e. The Morgan fingerprint density at radius 1 is 1.44 bits per heavy atom. The number of hydrogen-bond acceptors (Lipinski definition) is 4. The van der Waals surface area contributed by atoms with Crippen LogP contribution in [0.4, 0.5) is 0 Å². The van der Waals surface area contributed by atoms with Gasteiger partial charge in [-0.3, -0.25) is 9.58 Å². The van der Waals surface area contributed by atoms with E-state index in [1.165, 1.54) is 25.7 Å². The smallest absolute Gasteiger partial charge is 0.140 e. The van der Waals surface area contributed by atoms with E-state index in [4.69, 9.17) is 5.73 Å². The van der Waals surface area contributed by atoms with E-state index >= 15 is 0 Å². The molecule has 0 aromatic carbocycles. The summed E-state index contributed by atoms with van der Waals surface area (Å²) in [6, 6.07) is 0.616. The summed E-state index contributed by atoms with van der Waals surface area (Å²) >= 11 is 0. The van der Waals surface area contributed by atoms with Crippen LogP contribution in [-0.4, -0.2) is 38.8 Å². The van der Waals surface area contributed by atoms with Gasteiger partial charge in [0, 0.05) is 13.1 Å². The second-order valence-corrected chi connectivity index (χ2v) is 5.21. The summed E-state index contributed by atoms with van der Waals surface area (Å²) in [6.07, 6.45) is 6.84. The molecule has 5 heteroatoms. The topological polar surface area (TPSA) is 60.0 Å². The van der Waals surface area contributed by atoms with Crippen molar-refractivity contribution >= 4 is 0 Å². The lowest BCUT2D eigenvalue weighted by Gasteiger charge is -2.39. The zero-order valence-corrected chi connectivity index (χ0v) is 11.5. The van der Waals surface area contributed by atoms with E-state index < -0.39 is 0 Å². The van der Waals surface area contributed by atoms with Gasteiger partial charge in [-0.15, -0.1) is 0 Å². The molecule has 18 heavy (non-hydrogen) atoms. The average molecular weight is 251 g/mol.